The van der Waals surface area contributed by atoms with Gasteiger partial charge in [0.2, 0.25) is 0 Å². The smallest absolute Gasteiger partial charge is 0.334 e. The number of benzene rings is 1. The first-order valence-electron chi connectivity index (χ1n) is 8.98. The number of carbonyl (C=O) groups excluding carboxylic acids is 2. The van der Waals surface area contributed by atoms with E-state index in [0.717, 1.165) is 27.6 Å². The van der Waals surface area contributed by atoms with Gasteiger partial charge in [0, 0.05) is 36.1 Å². The number of pyridine rings is 1. The van der Waals surface area contributed by atoms with Gasteiger partial charge in [-0.05, 0) is 53.3 Å². The van der Waals surface area contributed by atoms with Gasteiger partial charge in [-0.15, -0.1) is 0 Å². The first kappa shape index (κ1) is 19.4. The number of ether oxygens (including phenoxy) is 2. The normalized spacial score (nSPS) is 11.8. The third kappa shape index (κ3) is 4.65. The van der Waals surface area contributed by atoms with Crippen molar-refractivity contribution in [2.75, 3.05) is 13.7 Å². The predicted molar refractivity (Wildman–Crippen MR) is 106 cm³/mol. The van der Waals surface area contributed by atoms with Crippen molar-refractivity contribution in [3.05, 3.63) is 71.7 Å². The molecular weight excluding hydrogens is 356 g/mol. The third-order valence-corrected chi connectivity index (χ3v) is 4.53. The van der Waals surface area contributed by atoms with Crippen LogP contribution in [0.5, 0.6) is 0 Å². The van der Waals surface area contributed by atoms with Crippen LogP contribution in [0.2, 0.25) is 0 Å². The summed E-state index contributed by atoms with van der Waals surface area (Å²) < 4.78 is 9.84. The van der Waals surface area contributed by atoms with Crippen LogP contribution in [0.1, 0.15) is 24.5 Å². The maximum Gasteiger partial charge on any atom is 0.334 e. The number of nitrogens with one attached hydrogen (secondary N) is 1. The Morgan fingerprint density at radius 2 is 2.04 bits per heavy atom. The number of allylic oxidation sites excluding steroid dienone is 1. The zero-order valence-electron chi connectivity index (χ0n) is 15.9. The zero-order chi connectivity index (χ0) is 19.9. The summed E-state index contributed by atoms with van der Waals surface area (Å²) in [7, 11) is 1.30. The van der Waals surface area contributed by atoms with E-state index < -0.39 is 11.9 Å². The Labute approximate surface area is 163 Å². The Kier molecular flexibility index (Phi) is 6.22. The van der Waals surface area contributed by atoms with Crippen LogP contribution in [-0.2, 0) is 25.5 Å². The molecule has 1 N–H and O–H groups in total. The third-order valence-electron chi connectivity index (χ3n) is 4.53. The number of aromatic nitrogens is 2. The van der Waals surface area contributed by atoms with Crippen LogP contribution in [0.3, 0.4) is 0 Å². The molecule has 0 aliphatic heterocycles. The van der Waals surface area contributed by atoms with Crippen LogP contribution in [-0.4, -0.2) is 35.6 Å². The number of methoxy groups -OCH3 is 1. The van der Waals surface area contributed by atoms with E-state index in [4.69, 9.17) is 4.74 Å². The number of carbonyl (C=O) groups is 2. The van der Waals surface area contributed by atoms with Gasteiger partial charge in [0.15, 0.2) is 0 Å². The van der Waals surface area contributed by atoms with Crippen molar-refractivity contribution >= 4 is 28.4 Å². The van der Waals surface area contributed by atoms with Crippen molar-refractivity contribution in [1.29, 1.82) is 0 Å². The number of hydrogen-bond acceptors (Lipinski definition) is 5. The second kappa shape index (κ2) is 8.99. The molecule has 0 aliphatic rings. The van der Waals surface area contributed by atoms with Crippen LogP contribution in [0.15, 0.2) is 60.6 Å². The molecule has 3 aromatic rings. The molecule has 28 heavy (non-hydrogen) atoms. The predicted octanol–water partition coefficient (Wildman–Crippen LogP) is 3.69. The van der Waals surface area contributed by atoms with Gasteiger partial charge in [0.1, 0.15) is 6.61 Å². The number of nitrogens with zero attached hydrogens (tertiary/aromatic N) is 1. The monoisotopic (exact) mass is 378 g/mol. The lowest BCUT2D eigenvalue weighted by molar-refractivity contribution is -0.145. The van der Waals surface area contributed by atoms with Gasteiger partial charge < -0.3 is 14.5 Å². The summed E-state index contributed by atoms with van der Waals surface area (Å²) in [5, 5.41) is 1.06. The van der Waals surface area contributed by atoms with E-state index in [-0.39, 0.29) is 13.0 Å². The molecule has 1 aromatic carbocycles. The lowest BCUT2D eigenvalue weighted by Gasteiger charge is -2.13. The largest absolute Gasteiger partial charge is 0.469 e. The molecule has 0 saturated heterocycles. The molecule has 144 valence electrons. The van der Waals surface area contributed by atoms with Gasteiger partial charge >= 0.3 is 11.9 Å². The van der Waals surface area contributed by atoms with Gasteiger partial charge in [0.05, 0.1) is 13.5 Å². The van der Waals surface area contributed by atoms with Crippen LogP contribution >= 0.6 is 0 Å². The average molecular weight is 378 g/mol. The molecule has 0 atom stereocenters. The number of hydrogen-bond donors (Lipinski definition) is 1. The van der Waals surface area contributed by atoms with Crippen LogP contribution in [0.25, 0.3) is 16.5 Å². The minimum absolute atomic E-state index is 0.0140. The van der Waals surface area contributed by atoms with E-state index in [9.17, 15) is 9.59 Å². The Morgan fingerprint density at radius 1 is 1.18 bits per heavy atom. The lowest BCUT2D eigenvalue weighted by Crippen LogP contribution is -2.13. The highest BCUT2D eigenvalue weighted by atomic mass is 16.5. The summed E-state index contributed by atoms with van der Waals surface area (Å²) in [6, 6.07) is 11.8. The van der Waals surface area contributed by atoms with Crippen molar-refractivity contribution in [3.63, 3.8) is 0 Å². The minimum Gasteiger partial charge on any atom is -0.469 e. The van der Waals surface area contributed by atoms with Gasteiger partial charge in [-0.1, -0.05) is 12.1 Å². The molecule has 0 unspecified atom stereocenters. The fraction of sp³-hybridized carbons (Fsp3) is 0.227. The fourth-order valence-electron chi connectivity index (χ4n) is 2.96. The molecule has 3 rings (SSSR count). The van der Waals surface area contributed by atoms with Gasteiger partial charge in [-0.25, -0.2) is 4.79 Å². The molecule has 6 heteroatoms. The van der Waals surface area contributed by atoms with E-state index in [1.54, 1.807) is 19.3 Å². The standard InChI is InChI=1S/C22H22N2O4/c1-15(22(26)28-11-8-21(25)27-2)19(12-16-4-3-9-23-14-16)17-5-6-20-18(13-17)7-10-24-20/h3-7,9-10,13-14,24H,8,11-12H2,1-2H3. The highest BCUT2D eigenvalue weighted by Gasteiger charge is 2.16. The molecular formula is C22H22N2O4. The molecule has 0 bridgehead atoms. The highest BCUT2D eigenvalue weighted by molar-refractivity contribution is 5.98. The number of H-pyrrole nitrogens is 1. The summed E-state index contributed by atoms with van der Waals surface area (Å²) >= 11 is 0. The highest BCUT2D eigenvalue weighted by Crippen LogP contribution is 2.27. The second-order valence-electron chi connectivity index (χ2n) is 6.38. The van der Waals surface area contributed by atoms with Crippen molar-refractivity contribution < 1.29 is 19.1 Å². The van der Waals surface area contributed by atoms with E-state index in [1.807, 2.05) is 42.6 Å². The van der Waals surface area contributed by atoms with E-state index in [0.29, 0.717) is 12.0 Å². The van der Waals surface area contributed by atoms with E-state index in [2.05, 4.69) is 14.7 Å². The summed E-state index contributed by atoms with van der Waals surface area (Å²) in [6.45, 7) is 1.73. The zero-order valence-corrected chi connectivity index (χ0v) is 15.9. The molecule has 0 amide bonds. The minimum atomic E-state index is -0.447. The lowest BCUT2D eigenvalue weighted by atomic mass is 9.94. The Morgan fingerprint density at radius 3 is 2.79 bits per heavy atom. The second-order valence-corrected chi connectivity index (χ2v) is 6.38. The van der Waals surface area contributed by atoms with Crippen molar-refractivity contribution in [1.82, 2.24) is 9.97 Å². The maximum absolute atomic E-state index is 12.6. The van der Waals surface area contributed by atoms with Crippen molar-refractivity contribution in [3.8, 4) is 0 Å². The Bertz CT molecular complexity index is 1010. The van der Waals surface area contributed by atoms with Crippen LogP contribution in [0, 0.1) is 0 Å². The summed E-state index contributed by atoms with van der Waals surface area (Å²) in [5.74, 6) is -0.861. The van der Waals surface area contributed by atoms with Crippen molar-refractivity contribution in [2.24, 2.45) is 0 Å². The maximum atomic E-state index is 12.6. The molecule has 0 radical (unpaired) electrons. The molecule has 6 nitrogen and oxygen atoms in total. The summed E-state index contributed by atoms with van der Waals surface area (Å²) in [6.07, 6.45) is 5.95. The topological polar surface area (TPSA) is 81.3 Å². The first-order valence-corrected chi connectivity index (χ1v) is 8.98. The molecule has 0 spiro atoms. The van der Waals surface area contributed by atoms with E-state index >= 15 is 0 Å². The molecule has 0 fully saturated rings. The number of fused-ring (bicyclic) bond motifs is 1. The summed E-state index contributed by atoms with van der Waals surface area (Å²) in [4.78, 5) is 31.1. The average Bonchev–Trinajstić information content (AvgIpc) is 3.19. The Hall–Kier alpha value is -3.41. The molecule has 2 aromatic heterocycles. The molecule has 2 heterocycles. The Balaban J connectivity index is 1.90. The number of aromatic amines is 1. The fourth-order valence-corrected chi connectivity index (χ4v) is 2.96. The molecule has 0 saturated carbocycles. The number of esters is 2. The SMILES string of the molecule is COC(=O)CCOC(=O)C(C)=C(Cc1cccnc1)c1ccc2[nH]ccc2c1. The van der Waals surface area contributed by atoms with E-state index in [1.165, 1.54) is 7.11 Å². The summed E-state index contributed by atoms with van der Waals surface area (Å²) in [5.41, 5.74) is 4.33. The van der Waals surface area contributed by atoms with Crippen LogP contribution < -0.4 is 0 Å². The van der Waals surface area contributed by atoms with Gasteiger partial charge in [0.25, 0.3) is 0 Å². The first-order chi connectivity index (χ1) is 13.6. The van der Waals surface area contributed by atoms with Gasteiger partial charge in [-0.2, -0.15) is 0 Å². The number of rotatable bonds is 7. The quantitative estimate of drug-likeness (QED) is 0.501. The van der Waals surface area contributed by atoms with Gasteiger partial charge in [-0.3, -0.25) is 9.78 Å². The van der Waals surface area contributed by atoms with Crippen LogP contribution in [0.4, 0.5) is 0 Å². The van der Waals surface area contributed by atoms with Crippen molar-refractivity contribution in [2.45, 2.75) is 19.8 Å². The molecule has 0 aliphatic carbocycles.